The van der Waals surface area contributed by atoms with Crippen molar-refractivity contribution in [2.45, 2.75) is 58.0 Å². The van der Waals surface area contributed by atoms with Crippen LogP contribution < -0.4 is 16.5 Å². The molecule has 0 saturated carbocycles. The molecule has 0 spiro atoms. The van der Waals surface area contributed by atoms with Gasteiger partial charge >= 0.3 is 0 Å². The Labute approximate surface area is 132 Å². The van der Waals surface area contributed by atoms with Gasteiger partial charge in [-0.25, -0.2) is 5.90 Å². The van der Waals surface area contributed by atoms with Crippen molar-refractivity contribution in [3.63, 3.8) is 0 Å². The molecule has 0 aromatic rings. The number of likely N-dealkylation sites (tertiary alicyclic amines) is 1. The maximum Gasteiger partial charge on any atom is 0.234 e. The average Bonchev–Trinajstić information content (AvgIpc) is 2.48. The van der Waals surface area contributed by atoms with Gasteiger partial charge in [-0.2, -0.15) is 0 Å². The molecule has 128 valence electrons. The van der Waals surface area contributed by atoms with Gasteiger partial charge in [0, 0.05) is 31.6 Å². The summed E-state index contributed by atoms with van der Waals surface area (Å²) in [4.78, 5) is 30.2. The predicted molar refractivity (Wildman–Crippen MR) is 84.9 cm³/mol. The smallest absolute Gasteiger partial charge is 0.234 e. The van der Waals surface area contributed by atoms with Crippen molar-refractivity contribution in [3.05, 3.63) is 0 Å². The Kier molecular flexibility index (Phi) is 9.03. The van der Waals surface area contributed by atoms with E-state index in [1.54, 1.807) is 0 Å². The van der Waals surface area contributed by atoms with Crippen LogP contribution in [0.4, 0.5) is 0 Å². The molecule has 2 amide bonds. The first-order valence-electron chi connectivity index (χ1n) is 8.15. The Balaban J connectivity index is 2.13. The van der Waals surface area contributed by atoms with Crippen LogP contribution in [0.1, 0.15) is 46.0 Å². The fourth-order valence-electron chi connectivity index (χ4n) is 2.80. The third-order valence-electron chi connectivity index (χ3n) is 4.14. The van der Waals surface area contributed by atoms with Gasteiger partial charge in [-0.05, 0) is 33.1 Å². The van der Waals surface area contributed by atoms with Crippen LogP contribution in [-0.4, -0.2) is 55.0 Å². The fourth-order valence-corrected chi connectivity index (χ4v) is 2.80. The zero-order valence-electron chi connectivity index (χ0n) is 13.8. The summed E-state index contributed by atoms with van der Waals surface area (Å²) in [6.07, 6.45) is 4.49. The highest BCUT2D eigenvalue weighted by atomic mass is 16.6. The van der Waals surface area contributed by atoms with Crippen molar-refractivity contribution in [2.24, 2.45) is 5.90 Å². The molecule has 7 nitrogen and oxygen atoms in total. The lowest BCUT2D eigenvalue weighted by Gasteiger charge is -2.38. The van der Waals surface area contributed by atoms with Crippen molar-refractivity contribution in [1.82, 2.24) is 15.5 Å². The van der Waals surface area contributed by atoms with Gasteiger partial charge in [0.15, 0.2) is 0 Å². The molecule has 0 aromatic carbocycles. The van der Waals surface area contributed by atoms with Crippen LogP contribution in [0.25, 0.3) is 0 Å². The average molecular weight is 318 g/mol. The molecular weight excluding hydrogens is 288 g/mol. The van der Waals surface area contributed by atoms with Crippen molar-refractivity contribution in [2.75, 3.05) is 26.2 Å². The third-order valence-corrected chi connectivity index (χ3v) is 4.14. The van der Waals surface area contributed by atoms with Crippen LogP contribution in [0.2, 0.25) is 0 Å². The second-order valence-electron chi connectivity index (χ2n) is 5.98. The first-order valence-corrected chi connectivity index (χ1v) is 8.15. The Morgan fingerprint density at radius 1 is 1.14 bits per heavy atom. The Morgan fingerprint density at radius 2 is 1.77 bits per heavy atom. The number of hydrogen-bond donors (Lipinski definition) is 3. The summed E-state index contributed by atoms with van der Waals surface area (Å²) >= 11 is 0. The second kappa shape index (κ2) is 10.5. The number of nitrogens with one attached hydrogen (secondary N) is 2. The van der Waals surface area contributed by atoms with Crippen LogP contribution in [0.5, 0.6) is 0 Å². The van der Waals surface area contributed by atoms with Crippen molar-refractivity contribution < 1.29 is 14.4 Å². The molecule has 1 aliphatic rings. The van der Waals surface area contributed by atoms with E-state index in [0.29, 0.717) is 51.2 Å². The minimum atomic E-state index is -0.0722. The molecule has 0 aromatic heterocycles. The highest BCUT2D eigenvalue weighted by Gasteiger charge is 2.26. The normalized spacial score (nSPS) is 22.3. The van der Waals surface area contributed by atoms with E-state index < -0.39 is 0 Å². The Hall–Kier alpha value is -1.18. The molecule has 0 radical (unpaired) electrons. The molecule has 0 unspecified atom stereocenters. The maximum absolute atomic E-state index is 12.0. The van der Waals surface area contributed by atoms with E-state index >= 15 is 0 Å². The van der Waals surface area contributed by atoms with Crippen LogP contribution in [0.15, 0.2) is 0 Å². The summed E-state index contributed by atoms with van der Waals surface area (Å²) in [7, 11) is 0. The molecule has 1 fully saturated rings. The lowest BCUT2D eigenvalue weighted by Crippen LogP contribution is -2.49. The van der Waals surface area contributed by atoms with Gasteiger partial charge in [-0.15, -0.1) is 0 Å². The first kappa shape index (κ1) is 18.9. The Morgan fingerprint density at radius 3 is 2.41 bits per heavy atom. The van der Waals surface area contributed by atoms with Gasteiger partial charge in [0.1, 0.15) is 0 Å². The minimum Gasteiger partial charge on any atom is -0.356 e. The number of carbonyl (C=O) groups excluding carboxylic acids is 2. The highest BCUT2D eigenvalue weighted by molar-refractivity contribution is 5.80. The maximum atomic E-state index is 12.0. The number of rotatable bonds is 9. The standard InChI is InChI=1S/C15H30N4O3/c1-12-5-3-6-13(2)19(12)11-15(21)18-9-7-14(20)17-8-4-10-22-16/h12-13H,3-11,16H2,1-2H3,(H,17,20)(H,18,21)/t12-,13+/i1+1,9+1,15+1,18+1/m0/s1. The summed E-state index contributed by atoms with van der Waals surface area (Å²) < 4.78 is 0. The largest absolute Gasteiger partial charge is 0.356 e. The van der Waals surface area contributed by atoms with Crippen molar-refractivity contribution in [1.29, 1.82) is 0 Å². The first-order chi connectivity index (χ1) is 10.5. The van der Waals surface area contributed by atoms with E-state index in [0.717, 1.165) is 12.8 Å². The summed E-state index contributed by atoms with van der Waals surface area (Å²) in [6, 6.07) is 0.894. The van der Waals surface area contributed by atoms with Crippen LogP contribution in [0.3, 0.4) is 0 Å². The molecule has 1 rings (SSSR count). The summed E-state index contributed by atoms with van der Waals surface area (Å²) in [6.45, 7) is 6.07. The number of piperidine rings is 1. The van der Waals surface area contributed by atoms with E-state index in [9.17, 15) is 9.59 Å². The van der Waals surface area contributed by atoms with Gasteiger partial charge < -0.3 is 15.5 Å². The molecule has 1 aliphatic heterocycles. The molecule has 1 heterocycles. The van der Waals surface area contributed by atoms with Gasteiger partial charge in [0.25, 0.3) is 0 Å². The van der Waals surface area contributed by atoms with Gasteiger partial charge in [-0.1, -0.05) is 6.42 Å². The predicted octanol–water partition coefficient (Wildman–Crippen LogP) is 0.152. The second-order valence-corrected chi connectivity index (χ2v) is 5.98. The fraction of sp³-hybridized carbons (Fsp3) is 0.867. The molecular formula is C15H30N4O3. The summed E-state index contributed by atoms with van der Waals surface area (Å²) in [5, 5.41) is 5.57. The van der Waals surface area contributed by atoms with Crippen molar-refractivity contribution in [3.8, 4) is 0 Å². The zero-order chi connectivity index (χ0) is 16.4. The number of nitrogens with zero attached hydrogens (tertiary/aromatic N) is 1. The van der Waals surface area contributed by atoms with Crippen molar-refractivity contribution >= 4 is 11.8 Å². The van der Waals surface area contributed by atoms with Crippen LogP contribution in [0, 0.1) is 0 Å². The number of hydrogen-bond acceptors (Lipinski definition) is 5. The summed E-state index contributed by atoms with van der Waals surface area (Å²) in [5.74, 6) is 4.81. The molecule has 22 heavy (non-hydrogen) atoms. The highest BCUT2D eigenvalue weighted by Crippen LogP contribution is 2.21. The van der Waals surface area contributed by atoms with E-state index in [1.807, 2.05) is 0 Å². The molecule has 4 N–H and O–H groups in total. The van der Waals surface area contributed by atoms with Gasteiger partial charge in [0.05, 0.1) is 13.2 Å². The quantitative estimate of drug-likeness (QED) is 0.243. The number of carbonyl (C=O) groups is 2. The Bertz CT molecular complexity index is 342. The minimum absolute atomic E-state index is 0.00932. The number of amides is 2. The van der Waals surface area contributed by atoms with E-state index in [-0.39, 0.29) is 11.8 Å². The van der Waals surface area contributed by atoms with Crippen LogP contribution >= 0.6 is 0 Å². The number of nitrogens with two attached hydrogens (primary N) is 1. The zero-order valence-corrected chi connectivity index (χ0v) is 13.8. The topological polar surface area (TPSA) is 96.7 Å². The molecule has 7 heteroatoms. The van der Waals surface area contributed by atoms with E-state index in [2.05, 4.69) is 34.2 Å². The molecule has 1 saturated heterocycles. The van der Waals surface area contributed by atoms with Gasteiger partial charge in [-0.3, -0.25) is 14.5 Å². The van der Waals surface area contributed by atoms with E-state index in [1.165, 1.54) is 6.42 Å². The lowest BCUT2D eigenvalue weighted by atomic mass is 10.0. The van der Waals surface area contributed by atoms with Crippen LogP contribution in [-0.2, 0) is 14.4 Å². The molecule has 0 bridgehead atoms. The van der Waals surface area contributed by atoms with Gasteiger partial charge in [0.2, 0.25) is 11.8 Å². The lowest BCUT2D eigenvalue weighted by molar-refractivity contribution is -0.124. The molecule has 0 aliphatic carbocycles. The summed E-state index contributed by atoms with van der Waals surface area (Å²) in [5.41, 5.74) is 0. The van der Waals surface area contributed by atoms with E-state index in [4.69, 9.17) is 5.90 Å². The SMILES string of the molecule is C[C@@H]1CCC[C@H]([13CH3])N1C[13C](=O)[15NH][13CH2]CC(=O)NCCCON. The third kappa shape index (κ3) is 7.20. The monoisotopic (exact) mass is 318 g/mol. The molecule has 2 atom stereocenters.